The third-order valence-corrected chi connectivity index (χ3v) is 6.49. The third-order valence-electron chi connectivity index (χ3n) is 6.49. The first-order valence-corrected chi connectivity index (χ1v) is 9.40. The molecule has 0 radical (unpaired) electrons. The van der Waals surface area contributed by atoms with Gasteiger partial charge in [-0.25, -0.2) is 0 Å². The van der Waals surface area contributed by atoms with Crippen LogP contribution in [0.3, 0.4) is 0 Å². The molecule has 4 heterocycles. The normalized spacial score (nSPS) is 35.1. The van der Waals surface area contributed by atoms with E-state index in [0.29, 0.717) is 18.7 Å². The summed E-state index contributed by atoms with van der Waals surface area (Å²) in [6, 6.07) is 0.468. The number of carbonyl (C=O) groups excluding carboxylic acids is 3. The van der Waals surface area contributed by atoms with Crippen LogP contribution in [0.25, 0.3) is 0 Å². The predicted molar refractivity (Wildman–Crippen MR) is 88.0 cm³/mol. The zero-order valence-electron chi connectivity index (χ0n) is 14.4. The number of hydrogen-bond donors (Lipinski definition) is 0. The van der Waals surface area contributed by atoms with Gasteiger partial charge in [-0.3, -0.25) is 19.3 Å². The molecule has 2 unspecified atom stereocenters. The van der Waals surface area contributed by atoms with E-state index in [0.717, 1.165) is 51.6 Å². The van der Waals surface area contributed by atoms with Crippen LogP contribution in [0.4, 0.5) is 0 Å². The number of fused-ring (bicyclic) bond motifs is 2. The molecule has 4 rings (SSSR count). The second kappa shape index (κ2) is 6.14. The number of carbonyl (C=O) groups is 3. The number of imide groups is 1. The van der Waals surface area contributed by atoms with E-state index in [1.807, 2.05) is 0 Å². The highest BCUT2D eigenvalue weighted by Gasteiger charge is 2.48. The van der Waals surface area contributed by atoms with E-state index < -0.39 is 0 Å². The van der Waals surface area contributed by atoms with Crippen molar-refractivity contribution in [3.8, 4) is 0 Å². The Labute approximate surface area is 143 Å². The molecule has 4 aliphatic heterocycles. The van der Waals surface area contributed by atoms with Crippen molar-refractivity contribution in [3.05, 3.63) is 0 Å². The molecule has 132 valence electrons. The molecule has 3 amide bonds. The number of nitrogens with zero attached hydrogens (tertiary/aromatic N) is 3. The van der Waals surface area contributed by atoms with Crippen molar-refractivity contribution in [1.82, 2.24) is 14.7 Å². The van der Waals surface area contributed by atoms with Gasteiger partial charge in [-0.1, -0.05) is 0 Å². The predicted octanol–water partition coefficient (Wildman–Crippen LogP) is 0.999. The monoisotopic (exact) mass is 333 g/mol. The van der Waals surface area contributed by atoms with Crippen molar-refractivity contribution in [2.24, 2.45) is 5.92 Å². The zero-order valence-corrected chi connectivity index (χ0v) is 14.4. The minimum absolute atomic E-state index is 0.0144. The van der Waals surface area contributed by atoms with E-state index in [4.69, 9.17) is 0 Å². The lowest BCUT2D eigenvalue weighted by Gasteiger charge is -2.43. The number of hydrogen-bond acceptors (Lipinski definition) is 4. The topological polar surface area (TPSA) is 60.9 Å². The van der Waals surface area contributed by atoms with E-state index >= 15 is 0 Å². The maximum atomic E-state index is 13.0. The summed E-state index contributed by atoms with van der Waals surface area (Å²) in [7, 11) is 2.11. The van der Waals surface area contributed by atoms with Gasteiger partial charge in [0.2, 0.25) is 17.7 Å². The van der Waals surface area contributed by atoms with Crippen LogP contribution >= 0.6 is 0 Å². The molecule has 0 aromatic carbocycles. The van der Waals surface area contributed by atoms with Crippen LogP contribution in [0.2, 0.25) is 0 Å². The Morgan fingerprint density at radius 3 is 1.96 bits per heavy atom. The SMILES string of the molecule is CN1CCC(C(=O)N2C3CCC2CC(N2C(=O)CCC2=O)C3)CC1. The van der Waals surface area contributed by atoms with Gasteiger partial charge in [0.25, 0.3) is 0 Å². The highest BCUT2D eigenvalue weighted by molar-refractivity contribution is 6.02. The quantitative estimate of drug-likeness (QED) is 0.708. The first kappa shape index (κ1) is 16.1. The van der Waals surface area contributed by atoms with E-state index in [2.05, 4.69) is 16.8 Å². The Balaban J connectivity index is 1.44. The summed E-state index contributed by atoms with van der Waals surface area (Å²) in [5, 5.41) is 0. The van der Waals surface area contributed by atoms with Crippen molar-refractivity contribution >= 4 is 17.7 Å². The standard InChI is InChI=1S/C18H27N3O3/c1-19-8-6-12(7-9-19)18(24)20-13-2-3-14(20)11-15(10-13)21-16(22)4-5-17(21)23/h12-15H,2-11H2,1H3. The van der Waals surface area contributed by atoms with Crippen molar-refractivity contribution in [3.63, 3.8) is 0 Å². The summed E-state index contributed by atoms with van der Waals surface area (Å²) in [6.45, 7) is 2.00. The minimum Gasteiger partial charge on any atom is -0.336 e. The Morgan fingerprint density at radius 1 is 0.875 bits per heavy atom. The number of likely N-dealkylation sites (tertiary alicyclic amines) is 2. The summed E-state index contributed by atoms with van der Waals surface area (Å²) in [5.74, 6) is 0.461. The molecule has 0 aliphatic carbocycles. The molecule has 0 saturated carbocycles. The van der Waals surface area contributed by atoms with Crippen molar-refractivity contribution in [2.75, 3.05) is 20.1 Å². The fourth-order valence-electron chi connectivity index (χ4n) is 5.19. The second-order valence-corrected chi connectivity index (χ2v) is 7.99. The Bertz CT molecular complexity index is 526. The average molecular weight is 333 g/mol. The Hall–Kier alpha value is -1.43. The van der Waals surface area contributed by atoms with Gasteiger partial charge in [-0.05, 0) is 58.7 Å². The molecule has 6 nitrogen and oxygen atoms in total. The molecule has 0 N–H and O–H groups in total. The van der Waals surface area contributed by atoms with Gasteiger partial charge in [0, 0.05) is 36.9 Å². The smallest absolute Gasteiger partial charge is 0.229 e. The summed E-state index contributed by atoms with van der Waals surface area (Å²) in [5.41, 5.74) is 0. The molecule has 4 aliphatic rings. The van der Waals surface area contributed by atoms with Gasteiger partial charge in [0.15, 0.2) is 0 Å². The molecule has 4 fully saturated rings. The first-order chi connectivity index (χ1) is 11.5. The van der Waals surface area contributed by atoms with E-state index in [9.17, 15) is 14.4 Å². The molecule has 0 aromatic rings. The summed E-state index contributed by atoms with van der Waals surface area (Å²) < 4.78 is 0. The maximum Gasteiger partial charge on any atom is 0.229 e. The van der Waals surface area contributed by atoms with Gasteiger partial charge >= 0.3 is 0 Å². The third kappa shape index (κ3) is 2.65. The summed E-state index contributed by atoms with van der Waals surface area (Å²) in [4.78, 5) is 43.0. The largest absolute Gasteiger partial charge is 0.336 e. The minimum atomic E-state index is -0.0144. The molecule has 0 aromatic heterocycles. The Morgan fingerprint density at radius 2 is 1.42 bits per heavy atom. The van der Waals surface area contributed by atoms with Gasteiger partial charge in [-0.2, -0.15) is 0 Å². The number of rotatable bonds is 2. The first-order valence-electron chi connectivity index (χ1n) is 9.40. The fourth-order valence-corrected chi connectivity index (χ4v) is 5.19. The van der Waals surface area contributed by atoms with Crippen LogP contribution in [0, 0.1) is 5.92 Å². The molecule has 2 bridgehead atoms. The second-order valence-electron chi connectivity index (χ2n) is 7.99. The van der Waals surface area contributed by atoms with Crippen LogP contribution in [0.5, 0.6) is 0 Å². The maximum absolute atomic E-state index is 13.0. The van der Waals surface area contributed by atoms with Crippen LogP contribution < -0.4 is 0 Å². The lowest BCUT2D eigenvalue weighted by Crippen LogP contribution is -2.55. The molecule has 4 saturated heterocycles. The molecular formula is C18H27N3O3. The molecule has 2 atom stereocenters. The van der Waals surface area contributed by atoms with Crippen molar-refractivity contribution in [2.45, 2.75) is 69.5 Å². The van der Waals surface area contributed by atoms with Gasteiger partial charge in [-0.15, -0.1) is 0 Å². The van der Waals surface area contributed by atoms with Gasteiger partial charge in [0.1, 0.15) is 0 Å². The molecule has 0 spiro atoms. The lowest BCUT2D eigenvalue weighted by molar-refractivity contribution is -0.146. The lowest BCUT2D eigenvalue weighted by atomic mass is 9.90. The average Bonchev–Trinajstić information content (AvgIpc) is 3.03. The fraction of sp³-hybridized carbons (Fsp3) is 0.833. The van der Waals surface area contributed by atoms with E-state index in [1.165, 1.54) is 4.90 Å². The van der Waals surface area contributed by atoms with E-state index in [-0.39, 0.29) is 35.9 Å². The molecule has 24 heavy (non-hydrogen) atoms. The number of piperidine rings is 2. The highest BCUT2D eigenvalue weighted by atomic mass is 16.2. The van der Waals surface area contributed by atoms with Crippen LogP contribution in [-0.4, -0.2) is 70.7 Å². The van der Waals surface area contributed by atoms with E-state index in [1.54, 1.807) is 0 Å². The van der Waals surface area contributed by atoms with Gasteiger partial charge in [0.05, 0.1) is 0 Å². The summed E-state index contributed by atoms with van der Waals surface area (Å²) in [6.07, 6.45) is 6.26. The number of amides is 3. The summed E-state index contributed by atoms with van der Waals surface area (Å²) >= 11 is 0. The van der Waals surface area contributed by atoms with Gasteiger partial charge < -0.3 is 9.80 Å². The Kier molecular flexibility index (Phi) is 4.11. The highest BCUT2D eigenvalue weighted by Crippen LogP contribution is 2.40. The molecule has 6 heteroatoms. The van der Waals surface area contributed by atoms with Crippen molar-refractivity contribution in [1.29, 1.82) is 0 Å². The molecular weight excluding hydrogens is 306 g/mol. The zero-order chi connectivity index (χ0) is 16.8. The van der Waals surface area contributed by atoms with Crippen LogP contribution in [0.1, 0.15) is 51.4 Å². The van der Waals surface area contributed by atoms with Crippen LogP contribution in [0.15, 0.2) is 0 Å². The van der Waals surface area contributed by atoms with Crippen molar-refractivity contribution < 1.29 is 14.4 Å². The van der Waals surface area contributed by atoms with Crippen LogP contribution in [-0.2, 0) is 14.4 Å².